The Kier molecular flexibility index (Phi) is 5.64. The molecule has 0 radical (unpaired) electrons. The number of ketones is 2. The Balaban J connectivity index is 1.53. The first kappa shape index (κ1) is 25.0. The zero-order valence-corrected chi connectivity index (χ0v) is 22.1. The summed E-state index contributed by atoms with van der Waals surface area (Å²) in [6, 6.07) is 26.1. The van der Waals surface area contributed by atoms with Gasteiger partial charge in [-0.2, -0.15) is 0 Å². The lowest BCUT2D eigenvalue weighted by atomic mass is 9.62. The molecule has 0 unspecified atom stereocenters. The molecule has 0 aromatic heterocycles. The minimum absolute atomic E-state index is 0.00201. The number of carbonyl (C=O) groups is 3. The number of rotatable bonds is 5. The average Bonchev–Trinajstić information content (AvgIpc) is 3.49. The van der Waals surface area contributed by atoms with Gasteiger partial charge in [0.1, 0.15) is 11.5 Å². The fourth-order valence-corrected chi connectivity index (χ4v) is 6.94. The molecule has 1 saturated heterocycles. The van der Waals surface area contributed by atoms with Crippen LogP contribution >= 0.6 is 0 Å². The highest BCUT2D eigenvalue weighted by molar-refractivity contribution is 6.16. The van der Waals surface area contributed by atoms with Crippen LogP contribution in [-0.4, -0.2) is 35.5 Å². The van der Waals surface area contributed by atoms with E-state index in [1.165, 1.54) is 19.2 Å². The van der Waals surface area contributed by atoms with Crippen molar-refractivity contribution in [2.45, 2.75) is 17.5 Å². The predicted molar refractivity (Wildman–Crippen MR) is 152 cm³/mol. The van der Waals surface area contributed by atoms with Crippen LogP contribution in [-0.2, 0) is 10.2 Å². The smallest absolute Gasteiger partial charge is 0.238 e. The van der Waals surface area contributed by atoms with Crippen LogP contribution in [0.5, 0.6) is 5.75 Å². The van der Waals surface area contributed by atoms with Gasteiger partial charge in [-0.15, -0.1) is 0 Å². The van der Waals surface area contributed by atoms with Crippen molar-refractivity contribution in [1.82, 2.24) is 4.90 Å². The molecule has 1 amide bonds. The number of benzene rings is 4. The largest absolute Gasteiger partial charge is 0.494 e. The zero-order valence-electron chi connectivity index (χ0n) is 22.1. The van der Waals surface area contributed by atoms with Gasteiger partial charge in [-0.3, -0.25) is 14.4 Å². The zero-order chi connectivity index (χ0) is 28.3. The van der Waals surface area contributed by atoms with E-state index >= 15 is 0 Å². The number of methoxy groups -OCH3 is 1. The molecule has 7 rings (SSSR count). The van der Waals surface area contributed by atoms with Gasteiger partial charge in [0.25, 0.3) is 0 Å². The number of halogens is 1. The maximum absolute atomic E-state index is 15.0. The number of anilines is 1. The van der Waals surface area contributed by atoms with Gasteiger partial charge < -0.3 is 15.0 Å². The van der Waals surface area contributed by atoms with Gasteiger partial charge in [-0.25, -0.2) is 4.39 Å². The van der Waals surface area contributed by atoms with Gasteiger partial charge in [0, 0.05) is 23.0 Å². The van der Waals surface area contributed by atoms with Gasteiger partial charge in [0.15, 0.2) is 23.1 Å². The number of nitrogens with zero attached hydrogens (tertiary/aromatic N) is 1. The Morgan fingerprint density at radius 2 is 1.61 bits per heavy atom. The quantitative estimate of drug-likeness (QED) is 0.321. The Labute approximate surface area is 236 Å². The van der Waals surface area contributed by atoms with Crippen molar-refractivity contribution in [3.63, 3.8) is 0 Å². The molecule has 1 spiro atoms. The molecule has 0 bridgehead atoms. The number of Topliss-reactive ketones (excluding diaryl/α,β-unsaturated/α-hetero) is 2. The second-order valence-electron chi connectivity index (χ2n) is 10.5. The minimum atomic E-state index is -1.47. The summed E-state index contributed by atoms with van der Waals surface area (Å²) in [6.45, 7) is 0. The van der Waals surface area contributed by atoms with Crippen molar-refractivity contribution in [1.29, 1.82) is 0 Å². The van der Waals surface area contributed by atoms with Crippen LogP contribution in [0.15, 0.2) is 103 Å². The third kappa shape index (κ3) is 3.45. The summed E-state index contributed by atoms with van der Waals surface area (Å²) in [5.74, 6) is -3.02. The van der Waals surface area contributed by atoms with Crippen molar-refractivity contribution >= 4 is 29.2 Å². The van der Waals surface area contributed by atoms with Crippen molar-refractivity contribution in [2.24, 2.45) is 5.92 Å². The second-order valence-corrected chi connectivity index (χ2v) is 10.5. The molecule has 3 heterocycles. The molecule has 1 fully saturated rings. The minimum Gasteiger partial charge on any atom is -0.494 e. The number of nitrogens with one attached hydrogen (secondary N) is 1. The number of fused-ring (bicyclic) bond motifs is 6. The molecule has 3 aliphatic heterocycles. The first-order valence-corrected chi connectivity index (χ1v) is 13.4. The molecular weight excluding hydrogens is 519 g/mol. The normalized spacial score (nSPS) is 23.5. The molecule has 0 saturated carbocycles. The van der Waals surface area contributed by atoms with E-state index in [0.717, 1.165) is 17.2 Å². The van der Waals surface area contributed by atoms with Gasteiger partial charge in [-0.05, 0) is 47.0 Å². The standard InChI is InChI=1S/C34H25FN2O4/c1-41-27-16-15-22(19-25(27)35)30(38)28-29(31(39)21-10-3-2-4-11-21)37-18-17-20-9-5-6-12-23(20)32(37)34(28)24-13-7-8-14-26(24)36-33(34)40/h2-19,28-29,32H,1H3,(H,36,40)/t28-,29+,32+,34+/m0/s1. The lowest BCUT2D eigenvalue weighted by Crippen LogP contribution is -2.49. The summed E-state index contributed by atoms with van der Waals surface area (Å²) >= 11 is 0. The number of para-hydroxylation sites is 1. The Hall–Kier alpha value is -5.04. The summed E-state index contributed by atoms with van der Waals surface area (Å²) < 4.78 is 20.0. The molecule has 1 N–H and O–H groups in total. The first-order chi connectivity index (χ1) is 20.0. The summed E-state index contributed by atoms with van der Waals surface area (Å²) in [7, 11) is 1.35. The second kappa shape index (κ2) is 9.27. The third-order valence-corrected chi connectivity index (χ3v) is 8.62. The third-order valence-electron chi connectivity index (χ3n) is 8.62. The number of carbonyl (C=O) groups excluding carboxylic acids is 3. The summed E-state index contributed by atoms with van der Waals surface area (Å²) in [5, 5.41) is 3.01. The highest BCUT2D eigenvalue weighted by Crippen LogP contribution is 2.62. The highest BCUT2D eigenvalue weighted by Gasteiger charge is 2.70. The van der Waals surface area contributed by atoms with Gasteiger partial charge in [0.05, 0.1) is 19.1 Å². The first-order valence-electron chi connectivity index (χ1n) is 13.4. The summed E-state index contributed by atoms with van der Waals surface area (Å²) in [6.07, 6.45) is 3.72. The van der Waals surface area contributed by atoms with E-state index in [0.29, 0.717) is 16.8 Å². The number of amides is 1. The number of hydrogen-bond acceptors (Lipinski definition) is 5. The molecule has 7 heteroatoms. The van der Waals surface area contributed by atoms with Crippen LogP contribution in [0.1, 0.15) is 43.4 Å². The maximum atomic E-state index is 15.0. The van der Waals surface area contributed by atoms with E-state index < -0.39 is 35.0 Å². The van der Waals surface area contributed by atoms with Crippen LogP contribution in [0.3, 0.4) is 0 Å². The summed E-state index contributed by atoms with van der Waals surface area (Å²) in [5.41, 5.74) is 1.99. The lowest BCUT2D eigenvalue weighted by Gasteiger charge is -2.38. The van der Waals surface area contributed by atoms with E-state index in [1.807, 2.05) is 65.7 Å². The molecule has 3 aliphatic rings. The molecule has 4 aromatic carbocycles. The topological polar surface area (TPSA) is 75.7 Å². The fourth-order valence-electron chi connectivity index (χ4n) is 6.94. The van der Waals surface area contributed by atoms with E-state index in [9.17, 15) is 18.8 Å². The van der Waals surface area contributed by atoms with Crippen molar-refractivity contribution in [2.75, 3.05) is 12.4 Å². The van der Waals surface area contributed by atoms with Crippen molar-refractivity contribution in [3.8, 4) is 5.75 Å². The average molecular weight is 545 g/mol. The maximum Gasteiger partial charge on any atom is 0.238 e. The monoisotopic (exact) mass is 544 g/mol. The number of ether oxygens (including phenoxy) is 1. The lowest BCUT2D eigenvalue weighted by molar-refractivity contribution is -0.122. The van der Waals surface area contributed by atoms with E-state index in [4.69, 9.17) is 4.74 Å². The Morgan fingerprint density at radius 3 is 2.39 bits per heavy atom. The molecule has 202 valence electrons. The van der Waals surface area contributed by atoms with Gasteiger partial charge in [0.2, 0.25) is 5.91 Å². The van der Waals surface area contributed by atoms with Crippen LogP contribution in [0.25, 0.3) is 6.08 Å². The molecule has 4 atom stereocenters. The molecule has 0 aliphatic carbocycles. The van der Waals surface area contributed by atoms with E-state index in [-0.39, 0.29) is 23.0 Å². The SMILES string of the molecule is COc1ccc(C(=O)[C@@H]2[C@H](C(=O)c3ccccc3)N3C=Cc4ccccc4[C@@H]3[C@]23C(=O)Nc2ccccc23)cc1F. The van der Waals surface area contributed by atoms with Gasteiger partial charge >= 0.3 is 0 Å². The van der Waals surface area contributed by atoms with Crippen molar-refractivity contribution in [3.05, 3.63) is 137 Å². The molecule has 4 aromatic rings. The molecule has 41 heavy (non-hydrogen) atoms. The highest BCUT2D eigenvalue weighted by atomic mass is 19.1. The fraction of sp³-hybridized carbons (Fsp3) is 0.147. The Morgan fingerprint density at radius 1 is 0.878 bits per heavy atom. The molecular formula is C34H25FN2O4. The van der Waals surface area contributed by atoms with Crippen LogP contribution in [0, 0.1) is 11.7 Å². The van der Waals surface area contributed by atoms with Crippen LogP contribution in [0.2, 0.25) is 0 Å². The Bertz CT molecular complexity index is 1770. The molecule has 6 nitrogen and oxygen atoms in total. The van der Waals surface area contributed by atoms with Crippen LogP contribution < -0.4 is 10.1 Å². The summed E-state index contributed by atoms with van der Waals surface area (Å²) in [4.78, 5) is 45.4. The van der Waals surface area contributed by atoms with E-state index in [1.54, 1.807) is 30.3 Å². The van der Waals surface area contributed by atoms with Crippen molar-refractivity contribution < 1.29 is 23.5 Å². The van der Waals surface area contributed by atoms with Gasteiger partial charge in [-0.1, -0.05) is 72.8 Å². The van der Waals surface area contributed by atoms with Crippen LogP contribution in [0.4, 0.5) is 10.1 Å². The van der Waals surface area contributed by atoms with E-state index in [2.05, 4.69) is 5.32 Å². The number of hydrogen-bond donors (Lipinski definition) is 1. The predicted octanol–water partition coefficient (Wildman–Crippen LogP) is 5.82.